The fourth-order valence-electron chi connectivity index (χ4n) is 3.12. The highest BCUT2D eigenvalue weighted by Crippen LogP contribution is 2.41. The van der Waals surface area contributed by atoms with Crippen molar-refractivity contribution in [3.05, 3.63) is 69.8 Å². The molecule has 0 amide bonds. The third-order valence-electron chi connectivity index (χ3n) is 4.37. The van der Waals surface area contributed by atoms with Crippen LogP contribution in [0.1, 0.15) is 10.4 Å². The average molecular weight is 454 g/mol. The maximum Gasteiger partial charge on any atom is 0.307 e. The molecule has 0 aliphatic heterocycles. The van der Waals surface area contributed by atoms with E-state index in [0.29, 0.717) is 0 Å². The van der Waals surface area contributed by atoms with Crippen LogP contribution in [0.5, 0.6) is 0 Å². The molecule has 2 N–H and O–H groups in total. The number of thiophene rings is 1. The third kappa shape index (κ3) is 3.76. The smallest absolute Gasteiger partial charge is 0.307 e. The lowest BCUT2D eigenvalue weighted by Crippen LogP contribution is -2.00. The Kier molecular flexibility index (Phi) is 5.11. The normalized spacial score (nSPS) is 10.9. The predicted molar refractivity (Wildman–Crippen MR) is 116 cm³/mol. The van der Waals surface area contributed by atoms with Crippen LogP contribution in [0.2, 0.25) is 0 Å². The molecule has 2 heterocycles. The average Bonchev–Trinajstić information content (AvgIpc) is 3.00. The molecule has 0 spiro atoms. The van der Waals surface area contributed by atoms with Gasteiger partial charge in [-0.15, -0.1) is 11.3 Å². The van der Waals surface area contributed by atoms with Crippen LogP contribution in [0, 0.1) is 6.92 Å². The van der Waals surface area contributed by atoms with E-state index in [2.05, 4.69) is 50.3 Å². The SMILES string of the molecule is Cc1sc2ncnc(Nc3ccc(CC(=O)O)cc3)c2c1-c1ccc(Br)cc1. The number of aryl methyl sites for hydroxylation is 1. The van der Waals surface area contributed by atoms with Gasteiger partial charge in [-0.3, -0.25) is 4.79 Å². The van der Waals surface area contributed by atoms with Gasteiger partial charge in [-0.05, 0) is 42.3 Å². The standard InChI is InChI=1S/C21H16BrN3O2S/c1-12-18(14-4-6-15(22)7-5-14)19-20(23-11-24-21(19)28-12)25-16-8-2-13(3-9-16)10-17(26)27/h2-9,11H,10H2,1H3,(H,26,27)(H,23,24,25). The highest BCUT2D eigenvalue weighted by Gasteiger charge is 2.17. The maximum absolute atomic E-state index is 10.9. The largest absolute Gasteiger partial charge is 0.481 e. The van der Waals surface area contributed by atoms with Crippen molar-refractivity contribution in [3.8, 4) is 11.1 Å². The number of halogens is 1. The number of anilines is 2. The van der Waals surface area contributed by atoms with Crippen molar-refractivity contribution in [3.63, 3.8) is 0 Å². The summed E-state index contributed by atoms with van der Waals surface area (Å²) in [6, 6.07) is 15.6. The van der Waals surface area contributed by atoms with Crippen molar-refractivity contribution < 1.29 is 9.90 Å². The van der Waals surface area contributed by atoms with Crippen LogP contribution in [0.3, 0.4) is 0 Å². The Balaban J connectivity index is 1.75. The predicted octanol–water partition coefficient (Wildman–Crippen LogP) is 5.80. The van der Waals surface area contributed by atoms with Gasteiger partial charge < -0.3 is 10.4 Å². The van der Waals surface area contributed by atoms with Gasteiger partial charge in [-0.1, -0.05) is 40.2 Å². The molecule has 0 aliphatic carbocycles. The van der Waals surface area contributed by atoms with Gasteiger partial charge >= 0.3 is 5.97 Å². The molecule has 4 aromatic rings. The molecule has 5 nitrogen and oxygen atoms in total. The van der Waals surface area contributed by atoms with E-state index in [-0.39, 0.29) is 6.42 Å². The van der Waals surface area contributed by atoms with Gasteiger partial charge in [0.05, 0.1) is 11.8 Å². The Morgan fingerprint density at radius 1 is 1.11 bits per heavy atom. The highest BCUT2D eigenvalue weighted by molar-refractivity contribution is 9.10. The maximum atomic E-state index is 10.9. The number of carbonyl (C=O) groups is 1. The molecule has 0 bridgehead atoms. The zero-order valence-electron chi connectivity index (χ0n) is 14.9. The van der Waals surface area contributed by atoms with Crippen LogP contribution in [-0.4, -0.2) is 21.0 Å². The van der Waals surface area contributed by atoms with Gasteiger partial charge in [0.2, 0.25) is 0 Å². The molecule has 140 valence electrons. The highest BCUT2D eigenvalue weighted by atomic mass is 79.9. The summed E-state index contributed by atoms with van der Waals surface area (Å²) in [6.45, 7) is 2.09. The molecule has 4 rings (SSSR count). The van der Waals surface area contributed by atoms with E-state index in [0.717, 1.165) is 42.9 Å². The van der Waals surface area contributed by atoms with Gasteiger partial charge in [0, 0.05) is 20.6 Å². The molecular formula is C21H16BrN3O2S. The number of aromatic nitrogens is 2. The molecule has 0 aliphatic rings. The number of nitrogens with zero attached hydrogens (tertiary/aromatic N) is 2. The fourth-order valence-corrected chi connectivity index (χ4v) is 4.40. The number of rotatable bonds is 5. The lowest BCUT2D eigenvalue weighted by Gasteiger charge is -2.10. The summed E-state index contributed by atoms with van der Waals surface area (Å²) in [7, 11) is 0. The van der Waals surface area contributed by atoms with Gasteiger partial charge in [0.1, 0.15) is 17.0 Å². The van der Waals surface area contributed by atoms with E-state index in [4.69, 9.17) is 5.11 Å². The number of carboxylic acid groups (broad SMARTS) is 1. The minimum Gasteiger partial charge on any atom is -0.481 e. The Bertz CT molecular complexity index is 1150. The van der Waals surface area contributed by atoms with E-state index in [9.17, 15) is 4.79 Å². The van der Waals surface area contributed by atoms with Gasteiger partial charge in [0.25, 0.3) is 0 Å². The quantitative estimate of drug-likeness (QED) is 0.399. The molecule has 0 fully saturated rings. The Hall–Kier alpha value is -2.77. The van der Waals surface area contributed by atoms with Crippen molar-refractivity contribution >= 4 is 55.0 Å². The Labute approximate surface area is 174 Å². The number of carboxylic acids is 1. The van der Waals surface area contributed by atoms with E-state index in [1.165, 1.54) is 4.88 Å². The lowest BCUT2D eigenvalue weighted by molar-refractivity contribution is -0.136. The molecule has 2 aromatic carbocycles. The molecule has 0 radical (unpaired) electrons. The van der Waals surface area contributed by atoms with Crippen LogP contribution in [0.25, 0.3) is 21.3 Å². The fraction of sp³-hybridized carbons (Fsp3) is 0.0952. The van der Waals surface area contributed by atoms with Crippen molar-refractivity contribution in [2.45, 2.75) is 13.3 Å². The van der Waals surface area contributed by atoms with Crippen LogP contribution in [0.15, 0.2) is 59.3 Å². The van der Waals surface area contributed by atoms with Crippen molar-refractivity contribution in [2.24, 2.45) is 0 Å². The molecule has 0 unspecified atom stereocenters. The molecule has 0 saturated carbocycles. The minimum absolute atomic E-state index is 0.00940. The van der Waals surface area contributed by atoms with Crippen LogP contribution in [-0.2, 0) is 11.2 Å². The van der Waals surface area contributed by atoms with Crippen LogP contribution < -0.4 is 5.32 Å². The second-order valence-electron chi connectivity index (χ2n) is 6.34. The number of nitrogens with one attached hydrogen (secondary N) is 1. The topological polar surface area (TPSA) is 75.1 Å². The third-order valence-corrected chi connectivity index (χ3v) is 5.91. The number of aliphatic carboxylic acids is 1. The first-order valence-corrected chi connectivity index (χ1v) is 10.2. The van der Waals surface area contributed by atoms with E-state index in [1.54, 1.807) is 17.7 Å². The van der Waals surface area contributed by atoms with Crippen molar-refractivity contribution in [1.82, 2.24) is 9.97 Å². The number of fused-ring (bicyclic) bond motifs is 1. The van der Waals surface area contributed by atoms with E-state index in [1.807, 2.05) is 36.4 Å². The number of hydrogen-bond donors (Lipinski definition) is 2. The summed E-state index contributed by atoms with van der Waals surface area (Å²) in [5, 5.41) is 13.3. The number of hydrogen-bond acceptors (Lipinski definition) is 5. The second-order valence-corrected chi connectivity index (χ2v) is 8.45. The molecule has 28 heavy (non-hydrogen) atoms. The Morgan fingerprint density at radius 3 is 2.50 bits per heavy atom. The van der Waals surface area contributed by atoms with E-state index >= 15 is 0 Å². The summed E-state index contributed by atoms with van der Waals surface area (Å²) < 4.78 is 1.03. The second kappa shape index (κ2) is 7.69. The Morgan fingerprint density at radius 2 is 1.82 bits per heavy atom. The summed E-state index contributed by atoms with van der Waals surface area (Å²) in [5.41, 5.74) is 3.84. The van der Waals surface area contributed by atoms with Crippen molar-refractivity contribution in [1.29, 1.82) is 0 Å². The zero-order chi connectivity index (χ0) is 19.7. The van der Waals surface area contributed by atoms with Crippen LogP contribution >= 0.6 is 27.3 Å². The molecule has 0 atom stereocenters. The molecular weight excluding hydrogens is 438 g/mol. The zero-order valence-corrected chi connectivity index (χ0v) is 17.3. The summed E-state index contributed by atoms with van der Waals surface area (Å²) in [6.07, 6.45) is 1.57. The monoisotopic (exact) mass is 453 g/mol. The van der Waals surface area contributed by atoms with Gasteiger partial charge in [-0.2, -0.15) is 0 Å². The summed E-state index contributed by atoms with van der Waals surface area (Å²) in [5.74, 6) is -0.107. The van der Waals surface area contributed by atoms with Gasteiger partial charge in [-0.25, -0.2) is 9.97 Å². The molecule has 2 aromatic heterocycles. The van der Waals surface area contributed by atoms with Crippen LogP contribution in [0.4, 0.5) is 11.5 Å². The first kappa shape index (κ1) is 18.6. The first-order chi connectivity index (χ1) is 13.5. The summed E-state index contributed by atoms with van der Waals surface area (Å²) in [4.78, 5) is 21.9. The summed E-state index contributed by atoms with van der Waals surface area (Å²) >= 11 is 5.13. The molecule has 7 heteroatoms. The minimum atomic E-state index is -0.842. The van der Waals surface area contributed by atoms with Crippen molar-refractivity contribution in [2.75, 3.05) is 5.32 Å². The lowest BCUT2D eigenvalue weighted by atomic mass is 10.0. The van der Waals surface area contributed by atoms with Gasteiger partial charge in [0.15, 0.2) is 0 Å². The van der Waals surface area contributed by atoms with E-state index < -0.39 is 5.97 Å². The molecule has 0 saturated heterocycles. The first-order valence-electron chi connectivity index (χ1n) is 8.59. The number of benzene rings is 2.